The van der Waals surface area contributed by atoms with Crippen molar-refractivity contribution >= 4 is 79.4 Å². The van der Waals surface area contributed by atoms with Crippen molar-refractivity contribution in [2.24, 2.45) is 5.16 Å². The van der Waals surface area contributed by atoms with Gasteiger partial charge in [0.1, 0.15) is 43.3 Å². The van der Waals surface area contributed by atoms with Gasteiger partial charge >= 0.3 is 16.3 Å². The quantitative estimate of drug-likeness (QED) is 0.0836. The molecule has 1 saturated heterocycles. The number of rotatable bonds is 10. The lowest BCUT2D eigenvalue weighted by molar-refractivity contribution is -0.154. The highest BCUT2D eigenvalue weighted by Gasteiger charge is 2.54. The summed E-state index contributed by atoms with van der Waals surface area (Å²) < 4.78 is 36.9. The number of alkyl halides is 2. The Balaban J connectivity index is 2.21. The SMILES string of the molecule is CO/N=C(\C(=O)NC1C(=O)N(S(=O)(=O)O)C1COC(=O)CCl)c1csc(NC(=O)CCl)n1. The minimum absolute atomic E-state index is 0.0391. The number of oxime groups is 1. The lowest BCUT2D eigenvalue weighted by Gasteiger charge is -2.43. The summed E-state index contributed by atoms with van der Waals surface area (Å²) in [6, 6.07) is -2.94. The van der Waals surface area contributed by atoms with Crippen LogP contribution < -0.4 is 10.6 Å². The molecule has 2 rings (SSSR count). The number of hydrogen-bond acceptors (Lipinski definition) is 11. The van der Waals surface area contributed by atoms with Crippen LogP contribution in [0.3, 0.4) is 0 Å². The van der Waals surface area contributed by atoms with Crippen molar-refractivity contribution in [3.8, 4) is 0 Å². The van der Waals surface area contributed by atoms with E-state index < -0.39 is 64.3 Å². The number of anilines is 1. The van der Waals surface area contributed by atoms with Gasteiger partial charge in [0.2, 0.25) is 5.91 Å². The Labute approximate surface area is 194 Å². The molecule has 1 aliphatic rings. The van der Waals surface area contributed by atoms with E-state index in [2.05, 4.69) is 25.6 Å². The van der Waals surface area contributed by atoms with Crippen molar-refractivity contribution in [2.75, 3.05) is 30.8 Å². The number of nitrogens with zero attached hydrogens (tertiary/aromatic N) is 3. The fraction of sp³-hybridized carbons (Fsp3) is 0.429. The topological polar surface area (TPSA) is 194 Å². The third-order valence-electron chi connectivity index (χ3n) is 3.74. The predicted octanol–water partition coefficient (Wildman–Crippen LogP) is -1.05. The van der Waals surface area contributed by atoms with Crippen LogP contribution in [0.15, 0.2) is 10.5 Å². The Morgan fingerprint density at radius 2 is 2.03 bits per heavy atom. The number of esters is 1. The van der Waals surface area contributed by atoms with Gasteiger partial charge in [-0.3, -0.25) is 23.7 Å². The third kappa shape index (κ3) is 6.04. The molecule has 1 aromatic heterocycles. The minimum Gasteiger partial charge on any atom is -0.462 e. The van der Waals surface area contributed by atoms with Crippen molar-refractivity contribution in [3.63, 3.8) is 0 Å². The lowest BCUT2D eigenvalue weighted by Crippen LogP contribution is -2.73. The van der Waals surface area contributed by atoms with E-state index in [4.69, 9.17) is 27.9 Å². The van der Waals surface area contributed by atoms with Crippen LogP contribution in [0.2, 0.25) is 0 Å². The molecule has 0 bridgehead atoms. The van der Waals surface area contributed by atoms with Crippen molar-refractivity contribution in [2.45, 2.75) is 12.1 Å². The van der Waals surface area contributed by atoms with E-state index in [1.165, 1.54) is 5.38 Å². The second kappa shape index (κ2) is 10.9. The first kappa shape index (κ1) is 25.7. The van der Waals surface area contributed by atoms with Crippen LogP contribution in [0.1, 0.15) is 5.69 Å². The number of aromatic nitrogens is 1. The molecule has 2 heterocycles. The van der Waals surface area contributed by atoms with E-state index in [-0.39, 0.29) is 21.0 Å². The van der Waals surface area contributed by atoms with E-state index >= 15 is 0 Å². The molecule has 0 aliphatic carbocycles. The Hall–Kier alpha value is -2.53. The maximum Gasteiger partial charge on any atom is 0.362 e. The number of halogens is 2. The van der Waals surface area contributed by atoms with E-state index in [1.54, 1.807) is 0 Å². The first-order valence-electron chi connectivity index (χ1n) is 8.29. The van der Waals surface area contributed by atoms with Gasteiger partial charge in [-0.15, -0.1) is 34.5 Å². The van der Waals surface area contributed by atoms with E-state index in [9.17, 15) is 32.1 Å². The van der Waals surface area contributed by atoms with Crippen molar-refractivity contribution in [1.82, 2.24) is 14.6 Å². The zero-order valence-electron chi connectivity index (χ0n) is 16.0. The second-order valence-electron chi connectivity index (χ2n) is 5.79. The van der Waals surface area contributed by atoms with Gasteiger partial charge in [-0.05, 0) is 0 Å². The fourth-order valence-corrected chi connectivity index (χ4v) is 4.16. The summed E-state index contributed by atoms with van der Waals surface area (Å²) in [4.78, 5) is 56.1. The maximum atomic E-state index is 12.7. The molecule has 1 aromatic rings. The number of nitrogens with one attached hydrogen (secondary N) is 2. The highest BCUT2D eigenvalue weighted by Crippen LogP contribution is 2.24. The maximum absolute atomic E-state index is 12.7. The number of β-lactam (4-membered cyclic amide) rings is 1. The normalized spacial score (nSPS) is 18.6. The Bertz CT molecular complexity index is 1050. The van der Waals surface area contributed by atoms with Crippen LogP contribution >= 0.6 is 34.5 Å². The van der Waals surface area contributed by atoms with Gasteiger partial charge in [-0.2, -0.15) is 8.42 Å². The molecular formula is C14H15Cl2N5O9S2. The standard InChI is InChI=1S/C14H15Cl2N5O9S2/c1-29-20-10(6-5-31-14(17-6)18-8(22)2-15)12(24)19-11-7(4-30-9(23)3-16)21(13(11)25)32(26,27)28/h5,7,11H,2-4H2,1H3,(H,19,24)(H,17,18,22)(H,26,27,28)/b20-10-. The molecule has 3 N–H and O–H groups in total. The molecule has 32 heavy (non-hydrogen) atoms. The summed E-state index contributed by atoms with van der Waals surface area (Å²) >= 11 is 11.6. The van der Waals surface area contributed by atoms with Crippen LogP contribution in [0, 0.1) is 0 Å². The Morgan fingerprint density at radius 1 is 1.34 bits per heavy atom. The molecule has 176 valence electrons. The van der Waals surface area contributed by atoms with E-state index in [1.807, 2.05) is 0 Å². The molecule has 1 aliphatic heterocycles. The lowest BCUT2D eigenvalue weighted by atomic mass is 9.99. The van der Waals surface area contributed by atoms with Gasteiger partial charge in [0.15, 0.2) is 10.8 Å². The van der Waals surface area contributed by atoms with Gasteiger partial charge in [-0.25, -0.2) is 9.29 Å². The highest BCUT2D eigenvalue weighted by atomic mass is 35.5. The Morgan fingerprint density at radius 3 is 2.59 bits per heavy atom. The average Bonchev–Trinajstić information content (AvgIpc) is 3.19. The molecule has 2 unspecified atom stereocenters. The first-order chi connectivity index (χ1) is 15.0. The molecule has 14 nitrogen and oxygen atoms in total. The first-order valence-corrected chi connectivity index (χ1v) is 11.6. The molecule has 1 fully saturated rings. The predicted molar refractivity (Wildman–Crippen MR) is 111 cm³/mol. The fourth-order valence-electron chi connectivity index (χ4n) is 2.44. The van der Waals surface area contributed by atoms with E-state index in [0.717, 1.165) is 18.4 Å². The number of amides is 3. The second-order valence-corrected chi connectivity index (χ2v) is 8.47. The van der Waals surface area contributed by atoms with E-state index in [0.29, 0.717) is 0 Å². The number of carbonyl (C=O) groups is 4. The zero-order chi connectivity index (χ0) is 24.1. The number of ether oxygens (including phenoxy) is 1. The summed E-state index contributed by atoms with van der Waals surface area (Å²) in [5.41, 5.74) is -0.451. The smallest absolute Gasteiger partial charge is 0.362 e. The summed E-state index contributed by atoms with van der Waals surface area (Å²) in [7, 11) is -3.85. The Kier molecular flexibility index (Phi) is 8.73. The number of carbonyl (C=O) groups excluding carboxylic acids is 4. The molecule has 0 radical (unpaired) electrons. The minimum atomic E-state index is -4.99. The van der Waals surface area contributed by atoms with Crippen LogP contribution in [-0.2, 0) is 39.1 Å². The zero-order valence-corrected chi connectivity index (χ0v) is 19.1. The summed E-state index contributed by atoms with van der Waals surface area (Å²) in [6.07, 6.45) is 0. The average molecular weight is 532 g/mol. The van der Waals surface area contributed by atoms with Gasteiger partial charge in [0.25, 0.3) is 11.8 Å². The van der Waals surface area contributed by atoms with Gasteiger partial charge in [0.05, 0.1) is 0 Å². The largest absolute Gasteiger partial charge is 0.462 e. The molecular weight excluding hydrogens is 517 g/mol. The summed E-state index contributed by atoms with van der Waals surface area (Å²) in [5, 5.41) is 9.59. The molecule has 0 spiro atoms. The highest BCUT2D eigenvalue weighted by molar-refractivity contribution is 7.84. The van der Waals surface area contributed by atoms with Crippen molar-refractivity contribution in [3.05, 3.63) is 11.1 Å². The molecule has 18 heteroatoms. The molecule has 3 amide bonds. The third-order valence-corrected chi connectivity index (χ3v) is 5.91. The van der Waals surface area contributed by atoms with Crippen molar-refractivity contribution in [1.29, 1.82) is 0 Å². The monoisotopic (exact) mass is 531 g/mol. The molecule has 0 aromatic carbocycles. The summed E-state index contributed by atoms with van der Waals surface area (Å²) in [5.74, 6) is -4.50. The van der Waals surface area contributed by atoms with Crippen molar-refractivity contribution < 1.29 is 41.7 Å². The summed E-state index contributed by atoms with van der Waals surface area (Å²) in [6.45, 7) is -0.676. The van der Waals surface area contributed by atoms with Gasteiger partial charge in [-0.1, -0.05) is 5.16 Å². The van der Waals surface area contributed by atoms with Gasteiger partial charge < -0.3 is 20.2 Å². The number of hydrogen-bond donors (Lipinski definition) is 3. The van der Waals surface area contributed by atoms with Crippen LogP contribution in [-0.4, -0.2) is 89.2 Å². The van der Waals surface area contributed by atoms with Crippen LogP contribution in [0.25, 0.3) is 0 Å². The number of thiazole rings is 1. The van der Waals surface area contributed by atoms with Gasteiger partial charge in [0, 0.05) is 5.38 Å². The van der Waals surface area contributed by atoms with Crippen LogP contribution in [0.4, 0.5) is 5.13 Å². The van der Waals surface area contributed by atoms with Crippen LogP contribution in [0.5, 0.6) is 0 Å². The molecule has 0 saturated carbocycles. The molecule has 2 atom stereocenters.